The highest BCUT2D eigenvalue weighted by Gasteiger charge is 2.42. The fourth-order valence-electron chi connectivity index (χ4n) is 4.68. The molecule has 2 aromatic carbocycles. The number of aromatic amines is 2. The summed E-state index contributed by atoms with van der Waals surface area (Å²) in [5, 5.41) is 8.92. The Kier molecular flexibility index (Phi) is 4.58. The quantitative estimate of drug-likeness (QED) is 0.586. The van der Waals surface area contributed by atoms with Crippen LogP contribution in [-0.4, -0.2) is 16.0 Å². The van der Waals surface area contributed by atoms with Crippen molar-refractivity contribution in [3.8, 4) is 5.75 Å². The van der Waals surface area contributed by atoms with Gasteiger partial charge in [0, 0.05) is 23.6 Å². The maximum absolute atomic E-state index is 13.2. The van der Waals surface area contributed by atoms with E-state index in [9.17, 15) is 9.59 Å². The third-order valence-electron chi connectivity index (χ3n) is 6.03. The molecule has 1 atom stereocenters. The molecule has 6 nitrogen and oxygen atoms in total. The SMILES string of the molecule is CC1(C)CC(=O)C2=C(C1)Nc1[nH][nH]c(=O)c1[C@H]2c1cccc(OCc2ccccc2)c1. The Bertz CT molecular complexity index is 1230. The number of ether oxygens (including phenoxy) is 1. The molecule has 6 heteroatoms. The number of aromatic nitrogens is 2. The van der Waals surface area contributed by atoms with Gasteiger partial charge in [-0.1, -0.05) is 56.3 Å². The average molecular weight is 415 g/mol. The topological polar surface area (TPSA) is 87.0 Å². The number of hydrogen-bond acceptors (Lipinski definition) is 4. The largest absolute Gasteiger partial charge is 0.489 e. The number of carbonyl (C=O) groups excluding carboxylic acids is 1. The molecule has 0 bridgehead atoms. The molecule has 158 valence electrons. The summed E-state index contributed by atoms with van der Waals surface area (Å²) in [4.78, 5) is 25.9. The van der Waals surface area contributed by atoms with Crippen molar-refractivity contribution >= 4 is 11.6 Å². The third-order valence-corrected chi connectivity index (χ3v) is 6.03. The Morgan fingerprint density at radius 2 is 1.81 bits per heavy atom. The zero-order valence-corrected chi connectivity index (χ0v) is 17.6. The Labute approximate surface area is 180 Å². The van der Waals surface area contributed by atoms with Crippen molar-refractivity contribution in [3.63, 3.8) is 0 Å². The zero-order chi connectivity index (χ0) is 21.6. The number of carbonyl (C=O) groups is 1. The Balaban J connectivity index is 1.55. The van der Waals surface area contributed by atoms with E-state index in [1.54, 1.807) is 0 Å². The number of rotatable bonds is 4. The van der Waals surface area contributed by atoms with Crippen molar-refractivity contribution in [1.82, 2.24) is 10.2 Å². The van der Waals surface area contributed by atoms with Gasteiger partial charge < -0.3 is 10.1 Å². The number of nitrogens with one attached hydrogen (secondary N) is 3. The van der Waals surface area contributed by atoms with E-state index in [-0.39, 0.29) is 16.8 Å². The monoisotopic (exact) mass is 415 g/mol. The predicted molar refractivity (Wildman–Crippen MR) is 119 cm³/mol. The number of ketones is 1. The summed E-state index contributed by atoms with van der Waals surface area (Å²) in [5.74, 6) is 1.00. The van der Waals surface area contributed by atoms with E-state index in [0.29, 0.717) is 35.7 Å². The van der Waals surface area contributed by atoms with Gasteiger partial charge in [-0.25, -0.2) is 0 Å². The molecule has 2 aliphatic rings. The van der Waals surface area contributed by atoms with Gasteiger partial charge >= 0.3 is 0 Å². The zero-order valence-electron chi connectivity index (χ0n) is 17.6. The second-order valence-corrected chi connectivity index (χ2v) is 9.11. The van der Waals surface area contributed by atoms with Crippen LogP contribution in [0.25, 0.3) is 0 Å². The molecule has 5 rings (SSSR count). The molecule has 0 spiro atoms. The fraction of sp³-hybridized carbons (Fsp3) is 0.280. The second kappa shape index (κ2) is 7.30. The second-order valence-electron chi connectivity index (χ2n) is 9.11. The Hall–Kier alpha value is -3.54. The van der Waals surface area contributed by atoms with E-state index < -0.39 is 5.92 Å². The van der Waals surface area contributed by atoms with Crippen LogP contribution in [0.4, 0.5) is 5.82 Å². The minimum Gasteiger partial charge on any atom is -0.489 e. The fourth-order valence-corrected chi connectivity index (χ4v) is 4.68. The maximum atomic E-state index is 13.2. The number of anilines is 1. The lowest BCUT2D eigenvalue weighted by molar-refractivity contribution is -0.118. The molecule has 0 radical (unpaired) electrons. The van der Waals surface area contributed by atoms with Gasteiger partial charge in [-0.2, -0.15) is 0 Å². The highest BCUT2D eigenvalue weighted by atomic mass is 16.5. The summed E-state index contributed by atoms with van der Waals surface area (Å²) in [5.41, 5.74) is 3.75. The van der Waals surface area contributed by atoms with Gasteiger partial charge in [0.15, 0.2) is 5.78 Å². The molecule has 1 aliphatic carbocycles. The summed E-state index contributed by atoms with van der Waals surface area (Å²) in [6, 6.07) is 17.7. The Morgan fingerprint density at radius 1 is 1.00 bits per heavy atom. The molecule has 0 saturated carbocycles. The molecular weight excluding hydrogens is 390 g/mol. The highest BCUT2D eigenvalue weighted by Crippen LogP contribution is 2.47. The molecule has 31 heavy (non-hydrogen) atoms. The van der Waals surface area contributed by atoms with E-state index in [1.165, 1.54) is 0 Å². The summed E-state index contributed by atoms with van der Waals surface area (Å²) in [6.07, 6.45) is 1.22. The summed E-state index contributed by atoms with van der Waals surface area (Å²) < 4.78 is 6.01. The van der Waals surface area contributed by atoms with Crippen molar-refractivity contribution in [2.45, 2.75) is 39.2 Å². The first-order valence-corrected chi connectivity index (χ1v) is 10.5. The van der Waals surface area contributed by atoms with Crippen LogP contribution in [0.3, 0.4) is 0 Å². The van der Waals surface area contributed by atoms with Crippen LogP contribution in [0.2, 0.25) is 0 Å². The molecule has 3 N–H and O–H groups in total. The first-order valence-electron chi connectivity index (χ1n) is 10.5. The lowest BCUT2D eigenvalue weighted by Gasteiger charge is -2.37. The molecule has 1 aliphatic heterocycles. The molecule has 0 fully saturated rings. The van der Waals surface area contributed by atoms with Crippen LogP contribution in [0.1, 0.15) is 49.3 Å². The van der Waals surface area contributed by atoms with Gasteiger partial charge in [-0.15, -0.1) is 0 Å². The predicted octanol–water partition coefficient (Wildman–Crippen LogP) is 4.48. The summed E-state index contributed by atoms with van der Waals surface area (Å²) in [7, 11) is 0. The van der Waals surface area contributed by atoms with E-state index in [0.717, 1.165) is 23.2 Å². The van der Waals surface area contributed by atoms with E-state index in [4.69, 9.17) is 4.74 Å². The summed E-state index contributed by atoms with van der Waals surface area (Å²) in [6.45, 7) is 4.64. The normalized spacial score (nSPS) is 19.4. The van der Waals surface area contributed by atoms with E-state index in [2.05, 4.69) is 29.4 Å². The number of H-pyrrole nitrogens is 2. The number of allylic oxidation sites excluding steroid dienone is 2. The van der Waals surface area contributed by atoms with Gasteiger partial charge in [0.2, 0.25) is 0 Å². The first kappa shape index (κ1) is 19.4. The number of Topliss-reactive ketones (excluding diaryl/α,β-unsaturated/α-hetero) is 1. The average Bonchev–Trinajstić information content (AvgIpc) is 3.11. The standard InChI is InChI=1S/C25H25N3O3/c1-25(2)12-18-21(19(29)13-25)20(22-23(26-18)27-28-24(22)30)16-9-6-10-17(11-16)31-14-15-7-4-3-5-8-15/h3-11,20H,12-14H2,1-2H3,(H3,26,27,28,30)/t20-/m0/s1. The lowest BCUT2D eigenvalue weighted by Crippen LogP contribution is -2.35. The van der Waals surface area contributed by atoms with Crippen LogP contribution in [-0.2, 0) is 11.4 Å². The Morgan fingerprint density at radius 3 is 2.61 bits per heavy atom. The number of fused-ring (bicyclic) bond motifs is 1. The third kappa shape index (κ3) is 3.58. The van der Waals surface area contributed by atoms with Crippen molar-refractivity contribution in [2.75, 3.05) is 5.32 Å². The molecule has 1 aromatic heterocycles. The molecule has 0 amide bonds. The number of hydrogen-bond donors (Lipinski definition) is 3. The van der Waals surface area contributed by atoms with Crippen molar-refractivity contribution in [3.05, 3.63) is 92.9 Å². The van der Waals surface area contributed by atoms with Gasteiger partial charge in [-0.05, 0) is 35.1 Å². The van der Waals surface area contributed by atoms with E-state index in [1.807, 2.05) is 54.6 Å². The molecular formula is C25H25N3O3. The van der Waals surface area contributed by atoms with Gasteiger partial charge in [0.25, 0.3) is 5.56 Å². The van der Waals surface area contributed by atoms with E-state index >= 15 is 0 Å². The highest BCUT2D eigenvalue weighted by molar-refractivity contribution is 6.01. The minimum absolute atomic E-state index is 0.0885. The van der Waals surface area contributed by atoms with Crippen molar-refractivity contribution in [1.29, 1.82) is 0 Å². The van der Waals surface area contributed by atoms with Crippen LogP contribution in [0.5, 0.6) is 5.75 Å². The molecule has 0 unspecified atom stereocenters. The maximum Gasteiger partial charge on any atom is 0.270 e. The van der Waals surface area contributed by atoms with Gasteiger partial charge in [0.05, 0.1) is 5.56 Å². The lowest BCUT2D eigenvalue weighted by atomic mass is 9.69. The van der Waals surface area contributed by atoms with Gasteiger partial charge in [0.1, 0.15) is 18.2 Å². The van der Waals surface area contributed by atoms with Crippen molar-refractivity contribution in [2.24, 2.45) is 5.41 Å². The molecule has 3 aromatic rings. The smallest absolute Gasteiger partial charge is 0.270 e. The van der Waals surface area contributed by atoms with Crippen LogP contribution >= 0.6 is 0 Å². The van der Waals surface area contributed by atoms with Gasteiger partial charge in [-0.3, -0.25) is 19.8 Å². The first-order chi connectivity index (χ1) is 14.9. The molecule has 0 saturated heterocycles. The number of benzene rings is 2. The van der Waals surface area contributed by atoms with Crippen LogP contribution in [0.15, 0.2) is 70.7 Å². The molecule has 2 heterocycles. The van der Waals surface area contributed by atoms with Crippen LogP contribution in [0, 0.1) is 5.41 Å². The summed E-state index contributed by atoms with van der Waals surface area (Å²) >= 11 is 0. The minimum atomic E-state index is -0.426. The van der Waals surface area contributed by atoms with Crippen LogP contribution < -0.4 is 15.6 Å². The van der Waals surface area contributed by atoms with Crippen molar-refractivity contribution < 1.29 is 9.53 Å².